The van der Waals surface area contributed by atoms with Gasteiger partial charge in [-0.05, 0) is 0 Å². The van der Waals surface area contributed by atoms with E-state index in [1.54, 1.807) is 0 Å². The molecule has 0 atom stereocenters. The van der Waals surface area contributed by atoms with E-state index in [0.29, 0.717) is 0 Å². The molecule has 0 amide bonds. The molecule has 0 radical (unpaired) electrons. The van der Waals surface area contributed by atoms with E-state index in [9.17, 15) is 18.7 Å². The van der Waals surface area contributed by atoms with Crippen molar-refractivity contribution in [3.63, 3.8) is 0 Å². The van der Waals surface area contributed by atoms with E-state index in [2.05, 4.69) is 4.52 Å². The van der Waals surface area contributed by atoms with E-state index < -0.39 is 21.1 Å². The Morgan fingerprint density at radius 3 is 1.90 bits per heavy atom. The van der Waals surface area contributed by atoms with E-state index in [1.165, 1.54) is 0 Å². The third kappa shape index (κ3) is 16.1. The Labute approximate surface area is 82.1 Å². The number of rotatable bonds is 3. The van der Waals surface area contributed by atoms with E-state index in [1.807, 2.05) is 0 Å². The average molecular weight is 156 g/mol. The summed E-state index contributed by atoms with van der Waals surface area (Å²) in [6.07, 6.45) is 0. The minimum Gasteiger partial charge on any atom is -0.790 e. The van der Waals surface area contributed by atoms with Gasteiger partial charge in [-0.2, -0.15) is 0 Å². The maximum atomic E-state index is 11.0. The molecule has 0 fully saturated rings. The quantitative estimate of drug-likeness (QED) is 0.300. The second-order valence-corrected chi connectivity index (χ2v) is 2.12. The first-order chi connectivity index (χ1) is 3.56. The molecule has 0 aliphatic carbocycles. The maximum Gasteiger partial charge on any atom is 1.00 e. The predicted octanol–water partition coefficient (Wildman–Crippen LogP) is -7.19. The molecule has 0 aromatic heterocycles. The predicted molar refractivity (Wildman–Crippen MR) is 19.5 cm³/mol. The van der Waals surface area contributed by atoms with Gasteiger partial charge in [-0.3, -0.25) is 0 Å². The molecule has 0 saturated carbocycles. The molecule has 0 heterocycles. The van der Waals surface area contributed by atoms with Gasteiger partial charge in [0, 0.05) is 0 Å². The van der Waals surface area contributed by atoms with Gasteiger partial charge in [0.05, 0.1) is 14.4 Å². The third-order valence-electron chi connectivity index (χ3n) is 0.327. The van der Waals surface area contributed by atoms with Gasteiger partial charge in [-0.1, -0.05) is 0 Å². The number of alkyl halides is 1. The van der Waals surface area contributed by atoms with Crippen LogP contribution in [0.2, 0.25) is 0 Å². The van der Waals surface area contributed by atoms with E-state index >= 15 is 0 Å². The summed E-state index contributed by atoms with van der Waals surface area (Å²) in [5, 5.41) is 0. The summed E-state index contributed by atoms with van der Waals surface area (Å²) in [5.41, 5.74) is 0. The van der Waals surface area contributed by atoms with Crippen LogP contribution < -0.4 is 47.5 Å². The molecule has 0 saturated heterocycles. The van der Waals surface area contributed by atoms with Crippen molar-refractivity contribution in [1.29, 1.82) is 0 Å². The minimum atomic E-state index is -4.92. The van der Waals surface area contributed by atoms with Crippen LogP contribution >= 0.6 is 7.82 Å². The minimum absolute atomic E-state index is 0. The fraction of sp³-hybridized carbons (Fsp3) is 1.00. The summed E-state index contributed by atoms with van der Waals surface area (Å²) < 4.78 is 23.9. The molecule has 0 aliphatic heterocycles. The zero-order chi connectivity index (χ0) is 6.62. The van der Waals surface area contributed by atoms with Gasteiger partial charge in [0.1, 0.15) is 6.67 Å². The summed E-state index contributed by atoms with van der Waals surface area (Å²) in [7, 11) is -4.92. The van der Waals surface area contributed by atoms with E-state index in [0.717, 1.165) is 0 Å². The monoisotopic (exact) mass is 156 g/mol. The van der Waals surface area contributed by atoms with Crippen LogP contribution in [0.3, 0.4) is 0 Å². The Balaban J connectivity index is -0.000000245. The number of phosphoric ester groups is 1. The molecule has 0 aromatic rings. The fourth-order valence-corrected chi connectivity index (χ4v) is 0.439. The molecule has 0 aromatic carbocycles. The summed E-state index contributed by atoms with van der Waals surface area (Å²) in [5.74, 6) is 0. The van der Waals surface area contributed by atoms with Crippen molar-refractivity contribution in [1.82, 2.24) is 0 Å². The molecule has 50 valence electrons. The number of hydrogen-bond donors (Lipinski definition) is 0. The Bertz CT molecular complexity index is 105. The van der Waals surface area contributed by atoms with Crippen molar-refractivity contribution in [2.45, 2.75) is 0 Å². The fourth-order valence-electron chi connectivity index (χ4n) is 0.146. The second kappa shape index (κ2) is 8.33. The van der Waals surface area contributed by atoms with Crippen molar-refractivity contribution in [3.05, 3.63) is 0 Å². The number of halogens is 1. The Morgan fingerprint density at radius 2 is 1.80 bits per heavy atom. The Kier molecular flexibility index (Phi) is 14.5. The van der Waals surface area contributed by atoms with Crippen LogP contribution in [0.5, 0.6) is 0 Å². The largest absolute Gasteiger partial charge is 1.00 e. The van der Waals surface area contributed by atoms with Crippen molar-refractivity contribution in [3.8, 4) is 0 Å². The molecule has 0 aliphatic rings. The smallest absolute Gasteiger partial charge is 0.790 e. The van der Waals surface area contributed by atoms with Crippen molar-refractivity contribution in [2.24, 2.45) is 0 Å². The average Bonchev–Trinajstić information content (AvgIpc) is 1.59. The standard InChI is InChI=1S/C2H6FO4P.2Li/c3-1-2-7-8(4,5)6;;/h1-2H2,(H2,4,5,6);;/q;2*+1/p-2. The van der Waals surface area contributed by atoms with Gasteiger partial charge in [0.2, 0.25) is 0 Å². The van der Waals surface area contributed by atoms with Crippen molar-refractivity contribution >= 4 is 7.82 Å². The van der Waals surface area contributed by atoms with Crippen LogP contribution in [-0.4, -0.2) is 13.3 Å². The van der Waals surface area contributed by atoms with Crippen LogP contribution in [0.4, 0.5) is 4.39 Å². The van der Waals surface area contributed by atoms with E-state index in [-0.39, 0.29) is 37.7 Å². The summed E-state index contributed by atoms with van der Waals surface area (Å²) in [6.45, 7) is -1.64. The molecule has 10 heavy (non-hydrogen) atoms. The van der Waals surface area contributed by atoms with Crippen LogP contribution in [0.15, 0.2) is 0 Å². The Morgan fingerprint density at radius 1 is 1.40 bits per heavy atom. The molecule has 0 unspecified atom stereocenters. The second-order valence-electron chi connectivity index (χ2n) is 0.969. The number of phosphoric acid groups is 1. The van der Waals surface area contributed by atoms with Crippen molar-refractivity contribution in [2.75, 3.05) is 13.3 Å². The Hall–Kier alpha value is 1.23. The topological polar surface area (TPSA) is 72.4 Å². The van der Waals surface area contributed by atoms with Crippen LogP contribution in [0, 0.1) is 0 Å². The first kappa shape index (κ1) is 17.4. The first-order valence-corrected chi connectivity index (χ1v) is 3.25. The molecule has 0 bridgehead atoms. The van der Waals surface area contributed by atoms with Crippen molar-refractivity contribution < 1.29 is 61.0 Å². The van der Waals surface area contributed by atoms with Crippen LogP contribution in [0.25, 0.3) is 0 Å². The van der Waals surface area contributed by atoms with Gasteiger partial charge in [-0.15, -0.1) is 0 Å². The molecule has 4 nitrogen and oxygen atoms in total. The third-order valence-corrected chi connectivity index (χ3v) is 0.825. The molecule has 0 spiro atoms. The van der Waals surface area contributed by atoms with Crippen LogP contribution in [0.1, 0.15) is 0 Å². The van der Waals surface area contributed by atoms with Gasteiger partial charge < -0.3 is 18.9 Å². The van der Waals surface area contributed by atoms with Gasteiger partial charge in [0.15, 0.2) is 0 Å². The van der Waals surface area contributed by atoms with Gasteiger partial charge in [-0.25, -0.2) is 4.39 Å². The zero-order valence-electron chi connectivity index (χ0n) is 5.87. The summed E-state index contributed by atoms with van der Waals surface area (Å²) in [6, 6.07) is 0. The molecule has 0 N–H and O–H groups in total. The van der Waals surface area contributed by atoms with Gasteiger partial charge in [0.25, 0.3) is 0 Å². The van der Waals surface area contributed by atoms with Gasteiger partial charge >= 0.3 is 37.7 Å². The molecule has 8 heteroatoms. The van der Waals surface area contributed by atoms with E-state index in [4.69, 9.17) is 0 Å². The van der Waals surface area contributed by atoms with Crippen LogP contribution in [-0.2, 0) is 9.09 Å². The molecular formula is C2H4FLi2O4P. The summed E-state index contributed by atoms with van der Waals surface area (Å²) >= 11 is 0. The zero-order valence-corrected chi connectivity index (χ0v) is 6.77. The first-order valence-electron chi connectivity index (χ1n) is 1.79. The molecule has 0 rings (SSSR count). The normalized spacial score (nSPS) is 9.50. The maximum absolute atomic E-state index is 11.0. The molecular weight excluding hydrogens is 152 g/mol. The SMILES string of the molecule is O=P([O-])([O-])OCCF.[Li+].[Li+]. The number of hydrogen-bond acceptors (Lipinski definition) is 4. The summed E-state index contributed by atoms with van der Waals surface area (Å²) in [4.78, 5) is 18.9.